The summed E-state index contributed by atoms with van der Waals surface area (Å²) in [7, 11) is 0. The van der Waals surface area contributed by atoms with Gasteiger partial charge in [0.25, 0.3) is 5.56 Å². The van der Waals surface area contributed by atoms with Gasteiger partial charge in [0, 0.05) is 51.9 Å². The topological polar surface area (TPSA) is 173 Å². The van der Waals surface area contributed by atoms with E-state index in [9.17, 15) is 28.4 Å². The molecule has 0 spiro atoms. The van der Waals surface area contributed by atoms with Crippen LogP contribution in [0.5, 0.6) is 0 Å². The minimum absolute atomic E-state index is 0. The molecule has 0 aromatic carbocycles. The zero-order chi connectivity index (χ0) is 31.5. The number of carbonyl (C=O) groups excluding carboxylic acids is 2. The molecule has 2 amide bonds. The van der Waals surface area contributed by atoms with E-state index in [0.29, 0.717) is 30.9 Å². The second kappa shape index (κ2) is 20.2. The van der Waals surface area contributed by atoms with Gasteiger partial charge in [-0.05, 0) is 75.2 Å². The van der Waals surface area contributed by atoms with E-state index < -0.39 is 18.6 Å². The van der Waals surface area contributed by atoms with Crippen molar-refractivity contribution >= 4 is 17.9 Å². The molecule has 5 unspecified atom stereocenters. The quantitative estimate of drug-likeness (QED) is 0.114. The number of carbonyl (C=O) groups is 2. The number of hydrogen-bond donors (Lipinski definition) is 3. The van der Waals surface area contributed by atoms with Crippen molar-refractivity contribution in [2.24, 2.45) is 29.4 Å². The summed E-state index contributed by atoms with van der Waals surface area (Å²) in [6, 6.07) is -0.530. The molecule has 3 aliphatic rings. The number of nitrogens with two attached hydrogens (primary N) is 1. The molecular weight excluding hydrogens is 665 g/mol. The number of hydrogen-bond acceptors (Lipinski definition) is 7. The fraction of sp³-hybridized carbons (Fsp3) is 0.677. The summed E-state index contributed by atoms with van der Waals surface area (Å²) < 4.78 is 29.2. The number of amides is 2. The van der Waals surface area contributed by atoms with E-state index in [2.05, 4.69) is 14.7 Å². The number of H-pyrrole nitrogens is 1. The molecule has 2 saturated carbocycles. The molecule has 14 heteroatoms. The monoisotopic (exact) mass is 714 g/mol. The number of ether oxygens (including phenoxy) is 1. The second-order valence-electron chi connectivity index (χ2n) is 11.8. The third-order valence-electron chi connectivity index (χ3n) is 8.71. The third-order valence-corrected chi connectivity index (χ3v) is 8.71. The number of allylic oxidation sites excluding steroid dienone is 2. The van der Waals surface area contributed by atoms with Crippen LogP contribution in [0.2, 0.25) is 0 Å². The zero-order valence-electron chi connectivity index (χ0n) is 26.6. The number of hydroxylamine groups is 2. The van der Waals surface area contributed by atoms with Gasteiger partial charge in [-0.3, -0.25) is 19.4 Å². The standard InChI is InChI=1S/C21H28F2N2O2.C10H19N3O3.H2O.Y/c1-2-6-17(27-21(22)23)12-16-13-24-19(20(26)25-16)8-5-3-4-7-14-9-10-15-11-18(14)15;1-3-12(16)6-8(14)13-5-4-7(2)9(13)10(11)15;;/h2,6,12-15,18,21H,3-5,7-11H2,1H3,(H,25,26);7,9,16H,3-6H2,1-2H3,(H2,11,15);1H2;/b6-2-,17-12+;;;. The Bertz CT molecular complexity index is 1200. The van der Waals surface area contributed by atoms with Crippen LogP contribution < -0.4 is 11.3 Å². The molecule has 3 fully saturated rings. The Labute approximate surface area is 289 Å². The van der Waals surface area contributed by atoms with Gasteiger partial charge in [-0.2, -0.15) is 13.8 Å². The van der Waals surface area contributed by atoms with Gasteiger partial charge in [-0.1, -0.05) is 39.2 Å². The number of likely N-dealkylation sites (N-methyl/N-ethyl adjacent to an activating group) is 1. The van der Waals surface area contributed by atoms with Crippen molar-refractivity contribution < 1.29 is 66.5 Å². The Morgan fingerprint density at radius 2 is 2.00 bits per heavy atom. The maximum Gasteiger partial charge on any atom is 0.387 e. The Hall–Kier alpha value is -2.06. The summed E-state index contributed by atoms with van der Waals surface area (Å²) in [4.78, 5) is 43.5. The summed E-state index contributed by atoms with van der Waals surface area (Å²) in [5.41, 5.74) is 5.85. The predicted octanol–water partition coefficient (Wildman–Crippen LogP) is 3.67. The van der Waals surface area contributed by atoms with Gasteiger partial charge in [-0.15, -0.1) is 0 Å². The first kappa shape index (κ1) is 41.0. The fourth-order valence-electron chi connectivity index (χ4n) is 6.31. The first-order chi connectivity index (χ1) is 20.5. The van der Waals surface area contributed by atoms with Crippen LogP contribution in [-0.4, -0.2) is 74.7 Å². The van der Waals surface area contributed by atoms with Crippen molar-refractivity contribution in [1.29, 1.82) is 0 Å². The van der Waals surface area contributed by atoms with Crippen molar-refractivity contribution in [3.8, 4) is 0 Å². The van der Waals surface area contributed by atoms with Crippen LogP contribution in [0.1, 0.15) is 83.5 Å². The largest absolute Gasteiger partial charge is 0.435 e. The van der Waals surface area contributed by atoms with Crippen LogP contribution in [0.4, 0.5) is 8.78 Å². The number of nitrogens with one attached hydrogen (secondary N) is 1. The van der Waals surface area contributed by atoms with Gasteiger partial charge < -0.3 is 31.0 Å². The summed E-state index contributed by atoms with van der Waals surface area (Å²) in [6.07, 6.45) is 16.2. The molecule has 1 aliphatic heterocycles. The molecule has 45 heavy (non-hydrogen) atoms. The number of fused-ring (bicyclic) bond motifs is 1. The molecule has 2 heterocycles. The van der Waals surface area contributed by atoms with E-state index in [1.54, 1.807) is 19.9 Å². The Kier molecular flexibility index (Phi) is 18.4. The molecule has 2 aliphatic carbocycles. The normalized spacial score (nSPS) is 23.7. The van der Waals surface area contributed by atoms with Gasteiger partial charge in [-0.25, -0.2) is 0 Å². The summed E-state index contributed by atoms with van der Waals surface area (Å²) in [5.74, 6) is 2.36. The van der Waals surface area contributed by atoms with Gasteiger partial charge in [0.15, 0.2) is 0 Å². The van der Waals surface area contributed by atoms with E-state index in [0.717, 1.165) is 42.1 Å². The van der Waals surface area contributed by atoms with Crippen LogP contribution in [0, 0.1) is 23.7 Å². The van der Waals surface area contributed by atoms with E-state index in [1.165, 1.54) is 55.4 Å². The third kappa shape index (κ3) is 12.9. The van der Waals surface area contributed by atoms with E-state index in [4.69, 9.17) is 5.73 Å². The molecule has 5 atom stereocenters. The van der Waals surface area contributed by atoms with Crippen LogP contribution in [0.3, 0.4) is 0 Å². The van der Waals surface area contributed by atoms with Crippen LogP contribution >= 0.6 is 0 Å². The molecule has 0 bridgehead atoms. The first-order valence-electron chi connectivity index (χ1n) is 15.4. The van der Waals surface area contributed by atoms with Gasteiger partial charge in [0.1, 0.15) is 24.0 Å². The molecule has 1 aromatic rings. The van der Waals surface area contributed by atoms with Crippen molar-refractivity contribution in [2.45, 2.75) is 91.2 Å². The van der Waals surface area contributed by atoms with E-state index in [-0.39, 0.29) is 67.9 Å². The molecular formula is C31H49F2N5O6Y. The SMILES string of the molecule is C/C=C\C(=C/c1cnc(CCCCCC2CCC3CC23)c(=O)[nH]1)OC(F)F.CCN(O)CC(=O)N1CCC(C)C1C(N)=O.O.[Y]. The Morgan fingerprint density at radius 3 is 2.56 bits per heavy atom. The zero-order valence-corrected chi connectivity index (χ0v) is 29.4. The number of likely N-dealkylation sites (tertiary alicyclic amines) is 1. The van der Waals surface area contributed by atoms with Crippen molar-refractivity contribution in [2.75, 3.05) is 19.6 Å². The number of aryl methyl sites for hydroxylation is 1. The smallest absolute Gasteiger partial charge is 0.387 e. The van der Waals surface area contributed by atoms with Crippen LogP contribution in [-0.2, 0) is 53.5 Å². The molecule has 1 saturated heterocycles. The number of aromatic nitrogens is 2. The fourth-order valence-corrected chi connectivity index (χ4v) is 6.31. The van der Waals surface area contributed by atoms with Crippen molar-refractivity contribution in [1.82, 2.24) is 19.9 Å². The van der Waals surface area contributed by atoms with Crippen LogP contribution in [0.15, 0.2) is 28.9 Å². The van der Waals surface area contributed by atoms with Gasteiger partial charge in [0.2, 0.25) is 11.8 Å². The second-order valence-corrected chi connectivity index (χ2v) is 11.8. The predicted molar refractivity (Wildman–Crippen MR) is 162 cm³/mol. The minimum atomic E-state index is -2.92. The summed E-state index contributed by atoms with van der Waals surface area (Å²) in [6.45, 7) is 3.24. The molecule has 6 N–H and O–H groups in total. The first-order valence-corrected chi connectivity index (χ1v) is 15.4. The summed E-state index contributed by atoms with van der Waals surface area (Å²) >= 11 is 0. The summed E-state index contributed by atoms with van der Waals surface area (Å²) in [5, 5.41) is 10.2. The van der Waals surface area contributed by atoms with Crippen LogP contribution in [0.25, 0.3) is 6.08 Å². The number of alkyl halides is 2. The molecule has 1 aromatic heterocycles. The molecule has 1 radical (unpaired) electrons. The molecule has 251 valence electrons. The van der Waals surface area contributed by atoms with Gasteiger partial charge in [0.05, 0.1) is 11.9 Å². The van der Waals surface area contributed by atoms with E-state index >= 15 is 0 Å². The molecule has 11 nitrogen and oxygen atoms in total. The number of nitrogens with zero attached hydrogens (tertiary/aromatic N) is 3. The van der Waals surface area contributed by atoms with Gasteiger partial charge >= 0.3 is 6.61 Å². The minimum Gasteiger partial charge on any atom is -0.435 e. The average Bonchev–Trinajstić information content (AvgIpc) is 3.45. The maximum absolute atomic E-state index is 12.4. The molecule has 4 rings (SSSR count). The maximum atomic E-state index is 12.4. The van der Waals surface area contributed by atoms with Crippen molar-refractivity contribution in [3.63, 3.8) is 0 Å². The number of aromatic amines is 1. The number of halogens is 2. The number of primary amides is 1. The Morgan fingerprint density at radius 1 is 1.27 bits per heavy atom. The van der Waals surface area contributed by atoms with E-state index in [1.807, 2.05) is 6.92 Å². The average molecular weight is 715 g/mol. The Balaban J connectivity index is 0.000000487. The number of rotatable bonds is 14. The van der Waals surface area contributed by atoms with Crippen molar-refractivity contribution in [3.05, 3.63) is 45.8 Å². The number of unbranched alkanes of at least 4 members (excludes halogenated alkanes) is 2.